The molecule has 1 saturated carbocycles. The molecule has 116 valence electrons. The summed E-state index contributed by atoms with van der Waals surface area (Å²) in [7, 11) is 5.01. The Morgan fingerprint density at radius 2 is 2.10 bits per heavy atom. The zero-order valence-corrected chi connectivity index (χ0v) is 13.1. The molecule has 3 atom stereocenters. The molecule has 1 aromatic rings. The van der Waals surface area contributed by atoms with Gasteiger partial charge in [-0.1, -0.05) is 6.42 Å². The van der Waals surface area contributed by atoms with E-state index in [0.717, 1.165) is 24.8 Å². The maximum absolute atomic E-state index is 12.7. The monoisotopic (exact) mass is 293 g/mol. The number of carbonyl (C=O) groups is 2. The summed E-state index contributed by atoms with van der Waals surface area (Å²) in [4.78, 5) is 26.2. The first kappa shape index (κ1) is 15.5. The molecule has 0 bridgehead atoms. The summed E-state index contributed by atoms with van der Waals surface area (Å²) in [6.45, 7) is 1.97. The minimum atomic E-state index is -0.300. The van der Waals surface area contributed by atoms with Crippen LogP contribution in [-0.2, 0) is 21.4 Å². The second kappa shape index (κ2) is 6.28. The zero-order valence-electron chi connectivity index (χ0n) is 13.1. The Kier molecular flexibility index (Phi) is 4.65. The minimum Gasteiger partial charge on any atom is -0.469 e. The summed E-state index contributed by atoms with van der Waals surface area (Å²) in [5.74, 6) is -0.819. The number of carbonyl (C=O) groups excluding carboxylic acids is 2. The molecular formula is C15H23N3O3. The fraction of sp³-hybridized carbons (Fsp3) is 0.667. The van der Waals surface area contributed by atoms with E-state index < -0.39 is 0 Å². The number of hydrogen-bond acceptors (Lipinski definition) is 4. The highest BCUT2D eigenvalue weighted by atomic mass is 16.5. The van der Waals surface area contributed by atoms with Crippen LogP contribution in [0.1, 0.15) is 37.8 Å². The van der Waals surface area contributed by atoms with Crippen LogP contribution in [0.4, 0.5) is 0 Å². The largest absolute Gasteiger partial charge is 0.469 e. The highest BCUT2D eigenvalue weighted by molar-refractivity contribution is 5.86. The number of aromatic nitrogens is 2. The van der Waals surface area contributed by atoms with Crippen molar-refractivity contribution in [2.45, 2.75) is 32.2 Å². The molecule has 0 spiro atoms. The van der Waals surface area contributed by atoms with E-state index in [4.69, 9.17) is 4.74 Å². The maximum Gasteiger partial charge on any atom is 0.309 e. The number of amides is 1. The highest BCUT2D eigenvalue weighted by Crippen LogP contribution is 2.35. The molecule has 0 aliphatic heterocycles. The van der Waals surface area contributed by atoms with Crippen molar-refractivity contribution in [3.8, 4) is 0 Å². The van der Waals surface area contributed by atoms with Crippen molar-refractivity contribution in [2.24, 2.45) is 18.9 Å². The first-order valence-electron chi connectivity index (χ1n) is 7.28. The third kappa shape index (κ3) is 3.09. The number of esters is 1. The van der Waals surface area contributed by atoms with Crippen molar-refractivity contribution >= 4 is 11.9 Å². The predicted molar refractivity (Wildman–Crippen MR) is 77.2 cm³/mol. The minimum absolute atomic E-state index is 0.0132. The smallest absolute Gasteiger partial charge is 0.309 e. The van der Waals surface area contributed by atoms with Crippen molar-refractivity contribution < 1.29 is 14.3 Å². The summed E-state index contributed by atoms with van der Waals surface area (Å²) in [6, 6.07) is -0.0647. The SMILES string of the molecule is COC(=O)[C@@H]1CCC[C@@H]1C(=O)N(C)[C@@H](C)c1cnn(C)c1. The van der Waals surface area contributed by atoms with Crippen LogP contribution < -0.4 is 0 Å². The standard InChI is InChI=1S/C15H23N3O3/c1-10(11-8-16-17(2)9-11)18(3)14(19)12-6-5-7-13(12)15(20)21-4/h8-10,12-13H,5-7H2,1-4H3/t10-,12-,13+/m0/s1. The molecule has 0 unspecified atom stereocenters. The average Bonchev–Trinajstić information content (AvgIpc) is 3.12. The maximum atomic E-state index is 12.7. The molecule has 0 saturated heterocycles. The Balaban J connectivity index is 2.09. The first-order chi connectivity index (χ1) is 9.95. The second-order valence-electron chi connectivity index (χ2n) is 5.74. The van der Waals surface area contributed by atoms with Gasteiger partial charge in [0.2, 0.25) is 5.91 Å². The van der Waals surface area contributed by atoms with Crippen molar-refractivity contribution in [3.63, 3.8) is 0 Å². The van der Waals surface area contributed by atoms with Crippen LogP contribution in [0.15, 0.2) is 12.4 Å². The number of nitrogens with zero attached hydrogens (tertiary/aromatic N) is 3. The Hall–Kier alpha value is -1.85. The van der Waals surface area contributed by atoms with E-state index in [2.05, 4.69) is 5.10 Å². The van der Waals surface area contributed by atoms with E-state index >= 15 is 0 Å². The molecule has 1 aliphatic carbocycles. The molecule has 6 heteroatoms. The van der Waals surface area contributed by atoms with E-state index in [9.17, 15) is 9.59 Å². The third-order valence-electron chi connectivity index (χ3n) is 4.47. The Labute approximate surface area is 125 Å². The van der Waals surface area contributed by atoms with Gasteiger partial charge in [0.25, 0.3) is 0 Å². The third-order valence-corrected chi connectivity index (χ3v) is 4.47. The molecule has 1 aliphatic rings. The molecule has 1 fully saturated rings. The lowest BCUT2D eigenvalue weighted by atomic mass is 9.94. The second-order valence-corrected chi connectivity index (χ2v) is 5.74. The molecule has 6 nitrogen and oxygen atoms in total. The quantitative estimate of drug-likeness (QED) is 0.790. The fourth-order valence-electron chi connectivity index (χ4n) is 3.02. The normalized spacial score (nSPS) is 22.9. The van der Waals surface area contributed by atoms with E-state index in [1.165, 1.54) is 7.11 Å². The predicted octanol–water partition coefficient (Wildman–Crippen LogP) is 1.53. The van der Waals surface area contributed by atoms with Gasteiger partial charge in [-0.25, -0.2) is 0 Å². The van der Waals surface area contributed by atoms with Gasteiger partial charge < -0.3 is 9.64 Å². The number of hydrogen-bond donors (Lipinski definition) is 0. The first-order valence-corrected chi connectivity index (χ1v) is 7.28. The number of aryl methyl sites for hydroxylation is 1. The van der Waals surface area contributed by atoms with Crippen molar-refractivity contribution in [1.29, 1.82) is 0 Å². The van der Waals surface area contributed by atoms with Crippen LogP contribution in [-0.4, -0.2) is 40.7 Å². The van der Waals surface area contributed by atoms with Crippen LogP contribution in [0.2, 0.25) is 0 Å². The van der Waals surface area contributed by atoms with E-state index in [1.807, 2.05) is 20.2 Å². The van der Waals surface area contributed by atoms with Crippen molar-refractivity contribution in [2.75, 3.05) is 14.2 Å². The summed E-state index contributed by atoms with van der Waals surface area (Å²) < 4.78 is 6.54. The van der Waals surface area contributed by atoms with Crippen LogP contribution in [0, 0.1) is 11.8 Å². The molecule has 0 radical (unpaired) electrons. The van der Waals surface area contributed by atoms with Gasteiger partial charge in [0.15, 0.2) is 0 Å². The average molecular weight is 293 g/mol. The van der Waals surface area contributed by atoms with Gasteiger partial charge in [-0.2, -0.15) is 5.10 Å². The molecule has 0 N–H and O–H groups in total. The Bertz CT molecular complexity index is 526. The summed E-state index contributed by atoms with van der Waals surface area (Å²) in [6.07, 6.45) is 6.05. The summed E-state index contributed by atoms with van der Waals surface area (Å²) >= 11 is 0. The number of methoxy groups -OCH3 is 1. The van der Waals surface area contributed by atoms with Crippen LogP contribution in [0.5, 0.6) is 0 Å². The summed E-state index contributed by atoms with van der Waals surface area (Å²) in [5.41, 5.74) is 0.987. The van der Waals surface area contributed by atoms with Gasteiger partial charge in [0, 0.05) is 25.9 Å². The highest BCUT2D eigenvalue weighted by Gasteiger charge is 2.40. The topological polar surface area (TPSA) is 64.4 Å². The molecule has 1 aromatic heterocycles. The zero-order chi connectivity index (χ0) is 15.6. The lowest BCUT2D eigenvalue weighted by Crippen LogP contribution is -2.38. The number of rotatable bonds is 4. The molecule has 1 heterocycles. The van der Waals surface area contributed by atoms with Gasteiger partial charge in [-0.15, -0.1) is 0 Å². The van der Waals surface area contributed by atoms with Crippen molar-refractivity contribution in [3.05, 3.63) is 18.0 Å². The van der Waals surface area contributed by atoms with E-state index in [0.29, 0.717) is 0 Å². The molecule has 1 amide bonds. The van der Waals surface area contributed by atoms with E-state index in [1.54, 1.807) is 22.8 Å². The molecular weight excluding hydrogens is 270 g/mol. The van der Waals surface area contributed by atoms with Crippen LogP contribution in [0.3, 0.4) is 0 Å². The Morgan fingerprint density at radius 3 is 2.67 bits per heavy atom. The molecule has 2 rings (SSSR count). The lowest BCUT2D eigenvalue weighted by Gasteiger charge is -2.28. The van der Waals surface area contributed by atoms with Gasteiger partial charge in [0.1, 0.15) is 0 Å². The van der Waals surface area contributed by atoms with Gasteiger partial charge in [0.05, 0.1) is 31.2 Å². The number of ether oxygens (including phenoxy) is 1. The lowest BCUT2D eigenvalue weighted by molar-refractivity contribution is -0.151. The van der Waals surface area contributed by atoms with Gasteiger partial charge >= 0.3 is 5.97 Å². The fourth-order valence-corrected chi connectivity index (χ4v) is 3.02. The van der Waals surface area contributed by atoms with Crippen LogP contribution >= 0.6 is 0 Å². The summed E-state index contributed by atoms with van der Waals surface area (Å²) in [5, 5.41) is 4.14. The van der Waals surface area contributed by atoms with Gasteiger partial charge in [-0.05, 0) is 19.8 Å². The Morgan fingerprint density at radius 1 is 1.43 bits per heavy atom. The molecule has 0 aromatic carbocycles. The molecule has 21 heavy (non-hydrogen) atoms. The van der Waals surface area contributed by atoms with Crippen molar-refractivity contribution in [1.82, 2.24) is 14.7 Å². The van der Waals surface area contributed by atoms with Crippen LogP contribution in [0.25, 0.3) is 0 Å². The van der Waals surface area contributed by atoms with Gasteiger partial charge in [-0.3, -0.25) is 14.3 Å². The van der Waals surface area contributed by atoms with E-state index in [-0.39, 0.29) is 29.8 Å².